The van der Waals surface area contributed by atoms with Gasteiger partial charge in [0.1, 0.15) is 10.9 Å². The smallest absolute Gasteiger partial charge is 0.263 e. The summed E-state index contributed by atoms with van der Waals surface area (Å²) < 4.78 is 12.0. The van der Waals surface area contributed by atoms with Crippen LogP contribution < -0.4 is 20.3 Å². The van der Waals surface area contributed by atoms with Crippen LogP contribution >= 0.6 is 11.3 Å². The fourth-order valence-electron chi connectivity index (χ4n) is 3.81. The van der Waals surface area contributed by atoms with Gasteiger partial charge >= 0.3 is 0 Å². The zero-order valence-corrected chi connectivity index (χ0v) is 20.4. The Morgan fingerprint density at radius 3 is 2.56 bits per heavy atom. The minimum absolute atomic E-state index is 0.218. The van der Waals surface area contributed by atoms with Gasteiger partial charge in [0.05, 0.1) is 25.9 Å². The number of benzene rings is 2. The Kier molecular flexibility index (Phi) is 6.98. The number of hydrogen-bond donors (Lipinski definition) is 1. The van der Waals surface area contributed by atoms with Crippen molar-refractivity contribution in [3.8, 4) is 22.6 Å². The lowest BCUT2D eigenvalue weighted by Crippen LogP contribution is -2.36. The summed E-state index contributed by atoms with van der Waals surface area (Å²) in [6.45, 7) is 4.16. The first-order valence-electron chi connectivity index (χ1n) is 11.0. The molecule has 8 heteroatoms. The van der Waals surface area contributed by atoms with E-state index >= 15 is 0 Å². The summed E-state index contributed by atoms with van der Waals surface area (Å²) in [5.41, 5.74) is 3.74. The number of fused-ring (bicyclic) bond motifs is 1. The van der Waals surface area contributed by atoms with Crippen molar-refractivity contribution in [1.29, 1.82) is 0 Å². The van der Waals surface area contributed by atoms with Gasteiger partial charge in [-0.3, -0.25) is 14.2 Å². The molecule has 1 amide bonds. The van der Waals surface area contributed by atoms with Gasteiger partial charge in [0, 0.05) is 17.5 Å². The third-order valence-corrected chi connectivity index (χ3v) is 6.73. The molecule has 0 bridgehead atoms. The second-order valence-corrected chi connectivity index (χ2v) is 8.92. The summed E-state index contributed by atoms with van der Waals surface area (Å²) in [4.78, 5) is 31.3. The first-order valence-corrected chi connectivity index (χ1v) is 11.8. The molecule has 2 aromatic carbocycles. The van der Waals surface area contributed by atoms with E-state index in [1.807, 2.05) is 54.8 Å². The minimum Gasteiger partial charge on any atom is -0.493 e. The van der Waals surface area contributed by atoms with Crippen molar-refractivity contribution in [2.24, 2.45) is 0 Å². The van der Waals surface area contributed by atoms with E-state index < -0.39 is 6.04 Å². The maximum atomic E-state index is 13.3. The Bertz CT molecular complexity index is 1380. The molecule has 1 unspecified atom stereocenters. The third-order valence-electron chi connectivity index (χ3n) is 5.84. The highest BCUT2D eigenvalue weighted by Crippen LogP contribution is 2.31. The van der Waals surface area contributed by atoms with E-state index in [0.717, 1.165) is 22.3 Å². The zero-order valence-electron chi connectivity index (χ0n) is 19.6. The predicted octanol–water partition coefficient (Wildman–Crippen LogP) is 4.37. The lowest BCUT2D eigenvalue weighted by molar-refractivity contribution is -0.123. The fraction of sp³-hybridized carbons (Fsp3) is 0.269. The molecule has 0 fully saturated rings. The largest absolute Gasteiger partial charge is 0.493 e. The molecule has 7 nitrogen and oxygen atoms in total. The van der Waals surface area contributed by atoms with Crippen LogP contribution in [0.5, 0.6) is 11.5 Å². The Morgan fingerprint density at radius 1 is 1.12 bits per heavy atom. The molecule has 0 radical (unpaired) electrons. The van der Waals surface area contributed by atoms with E-state index in [4.69, 9.17) is 9.47 Å². The molecule has 1 N–H and O–H groups in total. The quantitative estimate of drug-likeness (QED) is 0.408. The molecule has 1 atom stereocenters. The van der Waals surface area contributed by atoms with E-state index in [1.54, 1.807) is 21.1 Å². The van der Waals surface area contributed by atoms with Crippen molar-refractivity contribution in [1.82, 2.24) is 14.9 Å². The number of aromatic nitrogens is 2. The summed E-state index contributed by atoms with van der Waals surface area (Å²) in [7, 11) is 3.18. The number of hydrogen-bond acceptors (Lipinski definition) is 6. The van der Waals surface area contributed by atoms with Gasteiger partial charge in [0.25, 0.3) is 5.56 Å². The molecule has 0 saturated heterocycles. The Labute approximate surface area is 202 Å². The number of carbonyl (C=O) groups is 1. The molecule has 4 rings (SSSR count). The van der Waals surface area contributed by atoms with Crippen LogP contribution in [0.15, 0.2) is 59.0 Å². The average Bonchev–Trinajstić information content (AvgIpc) is 3.29. The molecular formula is C26H27N3O4S. The minimum atomic E-state index is -0.694. The second kappa shape index (κ2) is 10.1. The molecule has 2 aromatic heterocycles. The monoisotopic (exact) mass is 477 g/mol. The standard InChI is InChI=1S/C26H27N3O4S/c1-16-5-8-19(9-6-16)20-14-34-25-23(20)26(31)29(15-28-25)17(2)24(30)27-12-11-18-7-10-21(32-3)22(13-18)33-4/h5-10,13-15,17H,11-12H2,1-4H3,(H,27,30). The van der Waals surface area contributed by atoms with Gasteiger partial charge in [-0.15, -0.1) is 11.3 Å². The summed E-state index contributed by atoms with van der Waals surface area (Å²) in [5.74, 6) is 1.06. The number of amides is 1. The Morgan fingerprint density at radius 2 is 1.85 bits per heavy atom. The number of ether oxygens (including phenoxy) is 2. The van der Waals surface area contributed by atoms with Crippen LogP contribution in [-0.2, 0) is 11.2 Å². The van der Waals surface area contributed by atoms with Crippen LogP contribution in [0, 0.1) is 6.92 Å². The Balaban J connectivity index is 1.50. The molecule has 176 valence electrons. The van der Waals surface area contributed by atoms with Crippen LogP contribution in [0.25, 0.3) is 21.3 Å². The maximum absolute atomic E-state index is 13.3. The first kappa shape index (κ1) is 23.5. The topological polar surface area (TPSA) is 82.5 Å². The van der Waals surface area contributed by atoms with Crippen molar-refractivity contribution in [3.63, 3.8) is 0 Å². The first-order chi connectivity index (χ1) is 16.4. The SMILES string of the molecule is COc1ccc(CCNC(=O)C(C)n2cnc3scc(-c4ccc(C)cc4)c3c2=O)cc1OC. The number of carbonyl (C=O) groups excluding carboxylic acids is 1. The average molecular weight is 478 g/mol. The van der Waals surface area contributed by atoms with Crippen LogP contribution in [0.4, 0.5) is 0 Å². The molecule has 0 aliphatic carbocycles. The third kappa shape index (κ3) is 4.68. The van der Waals surface area contributed by atoms with Crippen molar-refractivity contribution in [2.75, 3.05) is 20.8 Å². The van der Waals surface area contributed by atoms with Gasteiger partial charge in [0.2, 0.25) is 5.91 Å². The molecule has 34 heavy (non-hydrogen) atoms. The molecule has 0 aliphatic rings. The van der Waals surface area contributed by atoms with Gasteiger partial charge in [-0.1, -0.05) is 35.9 Å². The predicted molar refractivity (Wildman–Crippen MR) is 135 cm³/mol. The highest BCUT2D eigenvalue weighted by molar-refractivity contribution is 7.17. The lowest BCUT2D eigenvalue weighted by atomic mass is 10.0. The summed E-state index contributed by atoms with van der Waals surface area (Å²) in [6.07, 6.45) is 2.08. The van der Waals surface area contributed by atoms with Crippen LogP contribution in [0.2, 0.25) is 0 Å². The van der Waals surface area contributed by atoms with E-state index in [0.29, 0.717) is 34.7 Å². The van der Waals surface area contributed by atoms with Gasteiger partial charge in [-0.25, -0.2) is 4.98 Å². The van der Waals surface area contributed by atoms with E-state index in [1.165, 1.54) is 22.2 Å². The van der Waals surface area contributed by atoms with Crippen molar-refractivity contribution < 1.29 is 14.3 Å². The highest BCUT2D eigenvalue weighted by Gasteiger charge is 2.20. The van der Waals surface area contributed by atoms with Crippen molar-refractivity contribution in [3.05, 3.63) is 75.7 Å². The van der Waals surface area contributed by atoms with Gasteiger partial charge in [-0.05, 0) is 43.5 Å². The number of nitrogens with zero attached hydrogens (tertiary/aromatic N) is 2. The number of methoxy groups -OCH3 is 2. The fourth-order valence-corrected chi connectivity index (χ4v) is 4.71. The zero-order chi connectivity index (χ0) is 24.2. The van der Waals surface area contributed by atoms with Gasteiger partial charge < -0.3 is 14.8 Å². The summed E-state index contributed by atoms with van der Waals surface area (Å²) in [5, 5.41) is 5.41. The number of rotatable bonds is 8. The molecule has 2 heterocycles. The van der Waals surface area contributed by atoms with Crippen molar-refractivity contribution >= 4 is 27.5 Å². The number of aryl methyl sites for hydroxylation is 1. The van der Waals surface area contributed by atoms with E-state index in [2.05, 4.69) is 10.3 Å². The van der Waals surface area contributed by atoms with Gasteiger partial charge in [0.15, 0.2) is 11.5 Å². The molecule has 0 saturated carbocycles. The molecular weight excluding hydrogens is 450 g/mol. The van der Waals surface area contributed by atoms with Gasteiger partial charge in [-0.2, -0.15) is 0 Å². The molecule has 0 spiro atoms. The Hall–Kier alpha value is -3.65. The summed E-state index contributed by atoms with van der Waals surface area (Å²) >= 11 is 1.43. The summed E-state index contributed by atoms with van der Waals surface area (Å²) in [6, 6.07) is 13.0. The van der Waals surface area contributed by atoms with Crippen LogP contribution in [0.1, 0.15) is 24.1 Å². The number of nitrogens with one attached hydrogen (secondary N) is 1. The second-order valence-electron chi connectivity index (χ2n) is 8.06. The normalized spacial score (nSPS) is 11.9. The van der Waals surface area contributed by atoms with Crippen LogP contribution in [-0.4, -0.2) is 36.2 Å². The van der Waals surface area contributed by atoms with E-state index in [-0.39, 0.29) is 11.5 Å². The van der Waals surface area contributed by atoms with Crippen molar-refractivity contribution in [2.45, 2.75) is 26.3 Å². The number of thiophene rings is 1. The lowest BCUT2D eigenvalue weighted by Gasteiger charge is -2.15. The molecule has 4 aromatic rings. The molecule has 0 aliphatic heterocycles. The van der Waals surface area contributed by atoms with Crippen LogP contribution in [0.3, 0.4) is 0 Å². The van der Waals surface area contributed by atoms with E-state index in [9.17, 15) is 9.59 Å². The maximum Gasteiger partial charge on any atom is 0.263 e. The highest BCUT2D eigenvalue weighted by atomic mass is 32.1.